The third-order valence-electron chi connectivity index (χ3n) is 4.59. The smallest absolute Gasteiger partial charge is 0.274 e. The lowest BCUT2D eigenvalue weighted by molar-refractivity contribution is -0.121. The summed E-state index contributed by atoms with van der Waals surface area (Å²) in [4.78, 5) is 18.0. The molecule has 0 N–H and O–H groups in total. The Labute approximate surface area is 158 Å². The van der Waals surface area contributed by atoms with Crippen molar-refractivity contribution in [2.24, 2.45) is 4.99 Å². The van der Waals surface area contributed by atoms with Crippen LogP contribution in [0, 0.1) is 0 Å². The van der Waals surface area contributed by atoms with E-state index < -0.39 is 9.84 Å². The summed E-state index contributed by atoms with van der Waals surface area (Å²) < 4.78 is 29.0. The maximum absolute atomic E-state index is 12.1. The van der Waals surface area contributed by atoms with E-state index in [2.05, 4.69) is 24.0 Å². The molecule has 3 rings (SSSR count). The Kier molecular flexibility index (Phi) is 6.04. The number of sulfone groups is 1. The number of methoxy groups -OCH3 is 1. The zero-order valence-corrected chi connectivity index (χ0v) is 16.7. The van der Waals surface area contributed by atoms with Crippen molar-refractivity contribution in [1.29, 1.82) is 0 Å². The van der Waals surface area contributed by atoms with Gasteiger partial charge in [-0.2, -0.15) is 4.99 Å². The second kappa shape index (κ2) is 8.10. The first-order valence-corrected chi connectivity index (χ1v) is 11.5. The number of anilines is 1. The molecular weight excluding hydrogens is 372 g/mol. The van der Waals surface area contributed by atoms with Gasteiger partial charge in [0.25, 0.3) is 5.91 Å². The molecular formula is C18H24N2O4S2. The summed E-state index contributed by atoms with van der Waals surface area (Å²) in [7, 11) is -1.60. The SMILES string of the molecule is CCCCc1ccc(N2C(=NC(=O)COC)S[C@@H]3CS(=O)(=O)C[C@H]32)cc1. The normalized spacial score (nSPS) is 25.6. The molecule has 2 heterocycles. The maximum atomic E-state index is 12.1. The van der Waals surface area contributed by atoms with E-state index in [0.717, 1.165) is 24.9 Å². The Balaban J connectivity index is 1.89. The third kappa shape index (κ3) is 4.29. The van der Waals surface area contributed by atoms with Gasteiger partial charge in [0.05, 0.1) is 17.5 Å². The average molecular weight is 397 g/mol. The van der Waals surface area contributed by atoms with Gasteiger partial charge < -0.3 is 9.64 Å². The van der Waals surface area contributed by atoms with E-state index in [4.69, 9.17) is 4.74 Å². The van der Waals surface area contributed by atoms with Gasteiger partial charge in [0, 0.05) is 18.0 Å². The highest BCUT2D eigenvalue weighted by atomic mass is 32.2. The van der Waals surface area contributed by atoms with Crippen molar-refractivity contribution < 1.29 is 17.9 Å². The van der Waals surface area contributed by atoms with Gasteiger partial charge >= 0.3 is 0 Å². The summed E-state index contributed by atoms with van der Waals surface area (Å²) in [5, 5.41) is 0.479. The molecule has 8 heteroatoms. The van der Waals surface area contributed by atoms with Crippen molar-refractivity contribution in [3.63, 3.8) is 0 Å². The van der Waals surface area contributed by atoms with Crippen LogP contribution in [0.4, 0.5) is 5.69 Å². The largest absolute Gasteiger partial charge is 0.375 e. The van der Waals surface area contributed by atoms with E-state index in [-0.39, 0.29) is 35.3 Å². The van der Waals surface area contributed by atoms with Gasteiger partial charge in [-0.3, -0.25) is 4.79 Å². The van der Waals surface area contributed by atoms with E-state index in [0.29, 0.717) is 5.17 Å². The fourth-order valence-electron chi connectivity index (χ4n) is 3.33. The van der Waals surface area contributed by atoms with Crippen LogP contribution >= 0.6 is 11.8 Å². The summed E-state index contributed by atoms with van der Waals surface area (Å²) in [6.45, 7) is 2.08. The summed E-state index contributed by atoms with van der Waals surface area (Å²) in [5.41, 5.74) is 2.14. The molecule has 1 aromatic rings. The van der Waals surface area contributed by atoms with Gasteiger partial charge in [-0.15, -0.1) is 0 Å². The van der Waals surface area contributed by atoms with Crippen LogP contribution in [-0.4, -0.2) is 56.0 Å². The van der Waals surface area contributed by atoms with E-state index in [1.165, 1.54) is 24.4 Å². The van der Waals surface area contributed by atoms with E-state index in [9.17, 15) is 13.2 Å². The van der Waals surface area contributed by atoms with E-state index in [1.54, 1.807) is 0 Å². The van der Waals surface area contributed by atoms with Crippen LogP contribution in [0.5, 0.6) is 0 Å². The average Bonchev–Trinajstić information content (AvgIpc) is 3.04. The minimum atomic E-state index is -3.06. The molecule has 0 unspecified atom stereocenters. The number of rotatable bonds is 6. The van der Waals surface area contributed by atoms with Crippen LogP contribution in [0.2, 0.25) is 0 Å². The van der Waals surface area contributed by atoms with Crippen molar-refractivity contribution >= 4 is 38.4 Å². The molecule has 2 fully saturated rings. The zero-order valence-electron chi connectivity index (χ0n) is 15.1. The van der Waals surface area contributed by atoms with Crippen LogP contribution in [0.1, 0.15) is 25.3 Å². The predicted molar refractivity (Wildman–Crippen MR) is 106 cm³/mol. The first kappa shape index (κ1) is 19.4. The van der Waals surface area contributed by atoms with Crippen LogP contribution in [0.3, 0.4) is 0 Å². The van der Waals surface area contributed by atoms with Crippen LogP contribution in [0.15, 0.2) is 29.3 Å². The van der Waals surface area contributed by atoms with Gasteiger partial charge in [0.15, 0.2) is 15.0 Å². The van der Waals surface area contributed by atoms with Crippen molar-refractivity contribution in [3.8, 4) is 0 Å². The Hall–Kier alpha value is -1.38. The van der Waals surface area contributed by atoms with Crippen LogP contribution in [-0.2, 0) is 25.8 Å². The molecule has 142 valence electrons. The molecule has 0 bridgehead atoms. The molecule has 0 spiro atoms. The predicted octanol–water partition coefficient (Wildman–Crippen LogP) is 2.28. The first-order chi connectivity index (χ1) is 12.4. The van der Waals surface area contributed by atoms with Gasteiger partial charge in [0.2, 0.25) is 0 Å². The number of ether oxygens (including phenoxy) is 1. The minimum Gasteiger partial charge on any atom is -0.375 e. The van der Waals surface area contributed by atoms with Gasteiger partial charge in [-0.25, -0.2) is 8.42 Å². The summed E-state index contributed by atoms with van der Waals surface area (Å²) >= 11 is 1.38. The Morgan fingerprint density at radius 1 is 1.31 bits per heavy atom. The highest BCUT2D eigenvalue weighted by molar-refractivity contribution is 8.16. The van der Waals surface area contributed by atoms with Crippen molar-refractivity contribution in [1.82, 2.24) is 0 Å². The number of fused-ring (bicyclic) bond motifs is 1. The number of hydrogen-bond acceptors (Lipinski definition) is 5. The highest BCUT2D eigenvalue weighted by Crippen LogP contribution is 2.41. The lowest BCUT2D eigenvalue weighted by Crippen LogP contribution is -2.37. The molecule has 2 saturated heterocycles. The topological polar surface area (TPSA) is 76.0 Å². The Morgan fingerprint density at radius 2 is 2.04 bits per heavy atom. The van der Waals surface area contributed by atoms with Gasteiger partial charge in [0.1, 0.15) is 6.61 Å². The van der Waals surface area contributed by atoms with Crippen molar-refractivity contribution in [2.75, 3.05) is 30.1 Å². The number of thioether (sulfide) groups is 1. The first-order valence-electron chi connectivity index (χ1n) is 8.79. The minimum absolute atomic E-state index is 0.0819. The number of amides is 1. The number of nitrogens with zero attached hydrogens (tertiary/aromatic N) is 2. The number of hydrogen-bond donors (Lipinski definition) is 0. The number of amidine groups is 1. The summed E-state index contributed by atoms with van der Waals surface area (Å²) in [6.07, 6.45) is 3.31. The van der Waals surface area contributed by atoms with Crippen LogP contribution < -0.4 is 4.90 Å². The van der Waals surface area contributed by atoms with Gasteiger partial charge in [-0.05, 0) is 30.5 Å². The van der Waals surface area contributed by atoms with Crippen molar-refractivity contribution in [2.45, 2.75) is 37.5 Å². The second-order valence-corrected chi connectivity index (χ2v) is 10.0. The Bertz CT molecular complexity index is 790. The molecule has 0 aromatic heterocycles. The zero-order chi connectivity index (χ0) is 18.7. The molecule has 26 heavy (non-hydrogen) atoms. The summed E-state index contributed by atoms with van der Waals surface area (Å²) in [5.74, 6) is -0.132. The molecule has 2 aliphatic rings. The van der Waals surface area contributed by atoms with Crippen LogP contribution in [0.25, 0.3) is 0 Å². The van der Waals surface area contributed by atoms with E-state index >= 15 is 0 Å². The quantitative estimate of drug-likeness (QED) is 0.734. The van der Waals surface area contributed by atoms with Crippen molar-refractivity contribution in [3.05, 3.63) is 29.8 Å². The molecule has 6 nitrogen and oxygen atoms in total. The number of carbonyl (C=O) groups excluding carboxylic acids is 1. The molecule has 1 amide bonds. The number of aliphatic imine (C=N–C) groups is 1. The fourth-order valence-corrected chi connectivity index (χ4v) is 7.26. The fraction of sp³-hybridized carbons (Fsp3) is 0.556. The maximum Gasteiger partial charge on any atom is 0.274 e. The standard InChI is InChI=1S/C18H24N2O4S2/c1-3-4-5-13-6-8-14(9-7-13)20-15-11-26(22,23)12-16(15)25-18(20)19-17(21)10-24-2/h6-9,15-16H,3-5,10-12H2,1-2H3/t15-,16-/m1/s1. The number of aryl methyl sites for hydroxylation is 1. The lowest BCUT2D eigenvalue weighted by Gasteiger charge is -2.24. The molecule has 0 radical (unpaired) electrons. The Morgan fingerprint density at radius 3 is 2.69 bits per heavy atom. The molecule has 0 aliphatic carbocycles. The second-order valence-electron chi connectivity index (χ2n) is 6.66. The molecule has 0 saturated carbocycles. The number of benzene rings is 1. The van der Waals surface area contributed by atoms with Gasteiger partial charge in [-0.1, -0.05) is 37.2 Å². The number of unbranched alkanes of at least 4 members (excludes halogenated alkanes) is 1. The molecule has 2 aliphatic heterocycles. The summed E-state index contributed by atoms with van der Waals surface area (Å²) in [6, 6.07) is 7.95. The van der Waals surface area contributed by atoms with E-state index in [1.807, 2.05) is 17.0 Å². The monoisotopic (exact) mass is 396 g/mol. The molecule has 1 aromatic carbocycles. The lowest BCUT2D eigenvalue weighted by atomic mass is 10.1. The molecule has 2 atom stereocenters. The third-order valence-corrected chi connectivity index (χ3v) is 7.80. The number of carbonyl (C=O) groups is 1. The highest BCUT2D eigenvalue weighted by Gasteiger charge is 2.49.